The van der Waals surface area contributed by atoms with Crippen molar-refractivity contribution in [3.8, 4) is 0 Å². The quantitative estimate of drug-likeness (QED) is 0.459. The SMILES string of the molecule is C=CCCNC(C)(CC)CC. The van der Waals surface area contributed by atoms with E-state index in [4.69, 9.17) is 0 Å². The topological polar surface area (TPSA) is 12.0 Å². The van der Waals surface area contributed by atoms with Crippen LogP contribution in [0.25, 0.3) is 0 Å². The maximum atomic E-state index is 3.69. The Hall–Kier alpha value is -0.300. The van der Waals surface area contributed by atoms with E-state index in [1.165, 1.54) is 12.8 Å². The van der Waals surface area contributed by atoms with Gasteiger partial charge in [0.1, 0.15) is 0 Å². The third kappa shape index (κ3) is 4.20. The van der Waals surface area contributed by atoms with Gasteiger partial charge in [0.15, 0.2) is 0 Å². The molecule has 0 unspecified atom stereocenters. The van der Waals surface area contributed by atoms with E-state index in [9.17, 15) is 0 Å². The molecule has 0 aromatic carbocycles. The van der Waals surface area contributed by atoms with E-state index >= 15 is 0 Å². The lowest BCUT2D eigenvalue weighted by atomic mass is 9.95. The van der Waals surface area contributed by atoms with Crippen LogP contribution in [0.5, 0.6) is 0 Å². The Morgan fingerprint density at radius 2 is 1.91 bits per heavy atom. The van der Waals surface area contributed by atoms with Gasteiger partial charge in [0, 0.05) is 5.54 Å². The van der Waals surface area contributed by atoms with Crippen LogP contribution in [0.2, 0.25) is 0 Å². The van der Waals surface area contributed by atoms with Crippen LogP contribution >= 0.6 is 0 Å². The minimum Gasteiger partial charge on any atom is -0.311 e. The Balaban J connectivity index is 3.59. The normalized spacial score (nSPS) is 11.5. The molecule has 0 atom stereocenters. The van der Waals surface area contributed by atoms with Crippen molar-refractivity contribution < 1.29 is 0 Å². The van der Waals surface area contributed by atoms with E-state index in [1.807, 2.05) is 6.08 Å². The van der Waals surface area contributed by atoms with Crippen molar-refractivity contribution in [2.24, 2.45) is 0 Å². The minimum atomic E-state index is 0.336. The van der Waals surface area contributed by atoms with Crippen LogP contribution in [0.1, 0.15) is 40.0 Å². The second-order valence-electron chi connectivity index (χ2n) is 3.27. The fourth-order valence-electron chi connectivity index (χ4n) is 0.976. The highest BCUT2D eigenvalue weighted by atomic mass is 14.9. The van der Waals surface area contributed by atoms with E-state index < -0.39 is 0 Å². The monoisotopic (exact) mass is 155 g/mol. The molecule has 0 heterocycles. The molecule has 0 aliphatic heterocycles. The van der Waals surface area contributed by atoms with Crippen molar-refractivity contribution in [3.63, 3.8) is 0 Å². The molecule has 0 amide bonds. The van der Waals surface area contributed by atoms with Crippen molar-refractivity contribution in [3.05, 3.63) is 12.7 Å². The van der Waals surface area contributed by atoms with Gasteiger partial charge in [-0.2, -0.15) is 0 Å². The lowest BCUT2D eigenvalue weighted by Gasteiger charge is -2.28. The zero-order chi connectivity index (χ0) is 8.74. The maximum Gasteiger partial charge on any atom is 0.0148 e. The van der Waals surface area contributed by atoms with Gasteiger partial charge >= 0.3 is 0 Å². The standard InChI is InChI=1S/C10H21N/c1-5-8-9-11-10(4,6-2)7-3/h5,11H,1,6-9H2,2-4H3. The summed E-state index contributed by atoms with van der Waals surface area (Å²) in [6.07, 6.45) is 5.41. The molecule has 0 aliphatic carbocycles. The smallest absolute Gasteiger partial charge is 0.0148 e. The second-order valence-corrected chi connectivity index (χ2v) is 3.27. The highest BCUT2D eigenvalue weighted by Gasteiger charge is 2.16. The van der Waals surface area contributed by atoms with Gasteiger partial charge in [-0.05, 0) is 32.7 Å². The third-order valence-electron chi connectivity index (χ3n) is 2.46. The third-order valence-corrected chi connectivity index (χ3v) is 2.46. The first-order valence-corrected chi connectivity index (χ1v) is 4.54. The Kier molecular flexibility index (Phi) is 5.22. The number of hydrogen-bond donors (Lipinski definition) is 1. The van der Waals surface area contributed by atoms with Crippen molar-refractivity contribution >= 4 is 0 Å². The molecule has 66 valence electrons. The van der Waals surface area contributed by atoms with Crippen LogP contribution in [0.3, 0.4) is 0 Å². The molecule has 0 spiro atoms. The summed E-state index contributed by atoms with van der Waals surface area (Å²) in [6.45, 7) is 11.5. The van der Waals surface area contributed by atoms with Crippen LogP contribution in [0.4, 0.5) is 0 Å². The fraction of sp³-hybridized carbons (Fsp3) is 0.800. The molecule has 11 heavy (non-hydrogen) atoms. The van der Waals surface area contributed by atoms with Crippen LogP contribution in [0, 0.1) is 0 Å². The predicted molar refractivity (Wildman–Crippen MR) is 51.8 cm³/mol. The summed E-state index contributed by atoms with van der Waals surface area (Å²) in [4.78, 5) is 0. The first kappa shape index (κ1) is 10.7. The first-order chi connectivity index (χ1) is 5.18. The average molecular weight is 155 g/mol. The molecule has 1 N–H and O–H groups in total. The van der Waals surface area contributed by atoms with Crippen molar-refractivity contribution in [1.29, 1.82) is 0 Å². The Bertz CT molecular complexity index is 103. The highest BCUT2D eigenvalue weighted by molar-refractivity contribution is 4.81. The number of hydrogen-bond acceptors (Lipinski definition) is 1. The molecule has 0 aromatic rings. The highest BCUT2D eigenvalue weighted by Crippen LogP contribution is 2.12. The van der Waals surface area contributed by atoms with Crippen LogP contribution in [0.15, 0.2) is 12.7 Å². The molecule has 0 saturated carbocycles. The number of rotatable bonds is 6. The van der Waals surface area contributed by atoms with Crippen LogP contribution in [-0.4, -0.2) is 12.1 Å². The Morgan fingerprint density at radius 1 is 1.36 bits per heavy atom. The van der Waals surface area contributed by atoms with E-state index in [2.05, 4.69) is 32.7 Å². The molecular weight excluding hydrogens is 134 g/mol. The summed E-state index contributed by atoms with van der Waals surface area (Å²) in [5.41, 5.74) is 0.336. The molecule has 0 bridgehead atoms. The van der Waals surface area contributed by atoms with Gasteiger partial charge in [-0.1, -0.05) is 19.9 Å². The zero-order valence-corrected chi connectivity index (χ0v) is 8.11. The molecule has 1 nitrogen and oxygen atoms in total. The van der Waals surface area contributed by atoms with Gasteiger partial charge in [0.2, 0.25) is 0 Å². The molecule has 0 saturated heterocycles. The molecular formula is C10H21N. The predicted octanol–water partition coefficient (Wildman–Crippen LogP) is 2.73. The summed E-state index contributed by atoms with van der Waals surface area (Å²) in [5.74, 6) is 0. The van der Waals surface area contributed by atoms with Crippen molar-refractivity contribution in [1.82, 2.24) is 5.32 Å². The second kappa shape index (κ2) is 5.36. The summed E-state index contributed by atoms with van der Waals surface area (Å²) in [5, 5.41) is 3.53. The Labute approximate surface area is 70.9 Å². The maximum absolute atomic E-state index is 3.69. The lowest BCUT2D eigenvalue weighted by molar-refractivity contribution is 0.335. The van der Waals surface area contributed by atoms with Crippen LogP contribution in [-0.2, 0) is 0 Å². The molecule has 0 aliphatic rings. The van der Waals surface area contributed by atoms with Gasteiger partial charge < -0.3 is 5.32 Å². The summed E-state index contributed by atoms with van der Waals surface area (Å²) >= 11 is 0. The zero-order valence-electron chi connectivity index (χ0n) is 8.11. The molecule has 0 fully saturated rings. The van der Waals surface area contributed by atoms with Gasteiger partial charge in [-0.25, -0.2) is 0 Å². The molecule has 1 heteroatoms. The van der Waals surface area contributed by atoms with Crippen molar-refractivity contribution in [2.45, 2.75) is 45.6 Å². The van der Waals surface area contributed by atoms with Gasteiger partial charge in [0.05, 0.1) is 0 Å². The van der Waals surface area contributed by atoms with Crippen molar-refractivity contribution in [2.75, 3.05) is 6.54 Å². The molecule has 0 aromatic heterocycles. The van der Waals surface area contributed by atoms with E-state index in [1.54, 1.807) is 0 Å². The first-order valence-electron chi connectivity index (χ1n) is 4.54. The summed E-state index contributed by atoms with van der Waals surface area (Å²) in [7, 11) is 0. The fourth-order valence-corrected chi connectivity index (χ4v) is 0.976. The largest absolute Gasteiger partial charge is 0.311 e. The molecule has 0 rings (SSSR count). The Morgan fingerprint density at radius 3 is 2.27 bits per heavy atom. The van der Waals surface area contributed by atoms with Crippen LogP contribution < -0.4 is 5.32 Å². The minimum absolute atomic E-state index is 0.336. The van der Waals surface area contributed by atoms with Gasteiger partial charge in [-0.3, -0.25) is 0 Å². The number of nitrogens with one attached hydrogen (secondary N) is 1. The molecule has 0 radical (unpaired) electrons. The lowest BCUT2D eigenvalue weighted by Crippen LogP contribution is -2.41. The van der Waals surface area contributed by atoms with E-state index in [0.29, 0.717) is 5.54 Å². The summed E-state index contributed by atoms with van der Waals surface area (Å²) in [6, 6.07) is 0. The summed E-state index contributed by atoms with van der Waals surface area (Å²) < 4.78 is 0. The average Bonchev–Trinajstić information content (AvgIpc) is 2.05. The van der Waals surface area contributed by atoms with Gasteiger partial charge in [-0.15, -0.1) is 6.58 Å². The van der Waals surface area contributed by atoms with E-state index in [0.717, 1.165) is 13.0 Å². The van der Waals surface area contributed by atoms with E-state index in [-0.39, 0.29) is 0 Å². The van der Waals surface area contributed by atoms with Gasteiger partial charge in [0.25, 0.3) is 0 Å².